The molecule has 0 spiro atoms. The standard InChI is InChI=1S/C16H9F9N2O2.C11H13NS.C2H6/c17-14(18,19)7-1-2-12(28)11(6-7)27-13(29)26-10-4-8(15(20,21)22)3-9(5-10)16(23,24)25;1-8(13)12-11-7-6-9-4-2-3-5-10(9)11;1-2/h1-6,28H,(H2,26,27,29);2-5,11H,6-7H2,1H3,(H,12,13);1-2H3/t;11-;/m.0./s1. The molecule has 1 aliphatic rings. The van der Waals surface area contributed by atoms with Gasteiger partial charge in [-0.3, -0.25) is 0 Å². The number of hydrogen-bond acceptors (Lipinski definition) is 3. The smallest absolute Gasteiger partial charge is 0.416 e. The zero-order valence-corrected chi connectivity index (χ0v) is 24.2. The first kappa shape index (κ1) is 36.2. The number of fused-ring (bicyclic) bond motifs is 1. The fraction of sp³-hybridized carbons (Fsp3) is 0.310. The molecular weight excluding hydrogens is 625 g/mol. The van der Waals surface area contributed by atoms with Crippen LogP contribution in [0.15, 0.2) is 60.7 Å². The summed E-state index contributed by atoms with van der Waals surface area (Å²) >= 11 is 5.05. The van der Waals surface area contributed by atoms with Crippen molar-refractivity contribution in [1.29, 1.82) is 0 Å². The van der Waals surface area contributed by atoms with Crippen LogP contribution < -0.4 is 16.0 Å². The van der Waals surface area contributed by atoms with E-state index in [2.05, 4.69) is 29.6 Å². The Morgan fingerprint density at radius 3 is 1.86 bits per heavy atom. The first-order valence-electron chi connectivity index (χ1n) is 13.0. The van der Waals surface area contributed by atoms with Gasteiger partial charge in [0.15, 0.2) is 0 Å². The lowest BCUT2D eigenvalue weighted by molar-refractivity contribution is -0.143. The van der Waals surface area contributed by atoms with Gasteiger partial charge in [0.2, 0.25) is 0 Å². The van der Waals surface area contributed by atoms with E-state index < -0.39 is 58.4 Å². The highest BCUT2D eigenvalue weighted by Gasteiger charge is 2.37. The van der Waals surface area contributed by atoms with Gasteiger partial charge in [0.1, 0.15) is 5.75 Å². The SMILES string of the molecule is CC.CC(=S)N[C@H]1CCc2ccccc21.O=C(Nc1cc(C(F)(F)F)cc(C(F)(F)F)c1)Nc1cc(C(F)(F)F)ccc1O. The molecule has 3 aromatic carbocycles. The van der Waals surface area contributed by atoms with E-state index in [1.54, 1.807) is 10.6 Å². The molecule has 2 amide bonds. The molecule has 5 nitrogen and oxygen atoms in total. The minimum Gasteiger partial charge on any atom is -0.506 e. The predicted molar refractivity (Wildman–Crippen MR) is 152 cm³/mol. The lowest BCUT2D eigenvalue weighted by Gasteiger charge is -2.15. The molecule has 4 N–H and O–H groups in total. The lowest BCUT2D eigenvalue weighted by Crippen LogP contribution is -2.22. The number of carbonyl (C=O) groups excluding carboxylic acids is 1. The number of hydrogen-bond donors (Lipinski definition) is 4. The molecule has 0 saturated heterocycles. The predicted octanol–water partition coefficient (Wildman–Crippen LogP) is 9.73. The summed E-state index contributed by atoms with van der Waals surface area (Å²) in [5.74, 6) is -0.812. The zero-order valence-electron chi connectivity index (χ0n) is 23.4. The molecule has 0 bridgehead atoms. The van der Waals surface area contributed by atoms with Gasteiger partial charge >= 0.3 is 24.6 Å². The molecule has 44 heavy (non-hydrogen) atoms. The van der Waals surface area contributed by atoms with Crippen LogP contribution >= 0.6 is 12.2 Å². The van der Waals surface area contributed by atoms with Crippen LogP contribution in [0.25, 0.3) is 0 Å². The summed E-state index contributed by atoms with van der Waals surface area (Å²) in [4.78, 5) is 12.7. The quantitative estimate of drug-likeness (QED) is 0.129. The summed E-state index contributed by atoms with van der Waals surface area (Å²) in [7, 11) is 0. The second kappa shape index (κ2) is 14.6. The number of nitrogens with one attached hydrogen (secondary N) is 3. The van der Waals surface area contributed by atoms with Crippen molar-refractivity contribution in [3.05, 3.63) is 88.5 Å². The Kier molecular flexibility index (Phi) is 12.0. The second-order valence-electron chi connectivity index (χ2n) is 9.09. The van der Waals surface area contributed by atoms with Crippen molar-refractivity contribution in [3.8, 4) is 5.75 Å². The Balaban J connectivity index is 0.000000371. The molecular formula is C29H28F9N3O2S. The number of aromatic hydroxyl groups is 1. The molecule has 1 aliphatic carbocycles. The van der Waals surface area contributed by atoms with Crippen molar-refractivity contribution in [2.24, 2.45) is 0 Å². The number of amides is 2. The van der Waals surface area contributed by atoms with Crippen LogP contribution in [0, 0.1) is 0 Å². The van der Waals surface area contributed by atoms with Gasteiger partial charge in [0.25, 0.3) is 0 Å². The Labute approximate surface area is 252 Å². The van der Waals surface area contributed by atoms with E-state index in [0.29, 0.717) is 24.2 Å². The van der Waals surface area contributed by atoms with E-state index in [1.807, 2.05) is 20.8 Å². The minimum absolute atomic E-state index is 0.165. The van der Waals surface area contributed by atoms with E-state index in [4.69, 9.17) is 12.2 Å². The van der Waals surface area contributed by atoms with Crippen LogP contribution in [0.1, 0.15) is 61.1 Å². The maximum atomic E-state index is 12.8. The molecule has 4 rings (SSSR count). The van der Waals surface area contributed by atoms with Crippen molar-refractivity contribution in [2.75, 3.05) is 10.6 Å². The van der Waals surface area contributed by atoms with Crippen LogP contribution in [0.5, 0.6) is 5.75 Å². The summed E-state index contributed by atoms with van der Waals surface area (Å²) in [6.07, 6.45) is -12.8. The van der Waals surface area contributed by atoms with E-state index in [9.17, 15) is 49.4 Å². The number of urea groups is 1. The minimum atomic E-state index is -5.16. The summed E-state index contributed by atoms with van der Waals surface area (Å²) in [6, 6.07) is 9.26. The van der Waals surface area contributed by atoms with Crippen molar-refractivity contribution in [1.82, 2.24) is 5.32 Å². The number of thiocarbonyl (C=S) groups is 1. The third-order valence-electron chi connectivity index (χ3n) is 5.93. The molecule has 0 saturated carbocycles. The summed E-state index contributed by atoms with van der Waals surface area (Å²) < 4.78 is 115. The van der Waals surface area contributed by atoms with Gasteiger partial charge in [-0.1, -0.05) is 50.3 Å². The van der Waals surface area contributed by atoms with Crippen LogP contribution in [-0.4, -0.2) is 16.1 Å². The summed E-state index contributed by atoms with van der Waals surface area (Å²) in [5.41, 5.74) is -3.46. The Hall–Kier alpha value is -4.01. The molecule has 3 aromatic rings. The van der Waals surface area contributed by atoms with Crippen LogP contribution in [-0.2, 0) is 24.9 Å². The maximum absolute atomic E-state index is 12.8. The number of benzene rings is 3. The van der Waals surface area contributed by atoms with E-state index >= 15 is 0 Å². The van der Waals surface area contributed by atoms with Gasteiger partial charge in [-0.2, -0.15) is 39.5 Å². The Bertz CT molecular complexity index is 1420. The normalized spacial score (nSPS) is 14.2. The molecule has 0 radical (unpaired) electrons. The number of phenolic OH excluding ortho intramolecular Hbond substituents is 1. The zero-order chi connectivity index (χ0) is 33.5. The number of rotatable bonds is 3. The molecule has 0 aromatic heterocycles. The largest absolute Gasteiger partial charge is 0.506 e. The van der Waals surface area contributed by atoms with Crippen molar-refractivity contribution in [3.63, 3.8) is 0 Å². The molecule has 1 atom stereocenters. The third-order valence-corrected chi connectivity index (χ3v) is 6.05. The van der Waals surface area contributed by atoms with Gasteiger partial charge in [0, 0.05) is 5.69 Å². The Morgan fingerprint density at radius 2 is 1.34 bits per heavy atom. The molecule has 240 valence electrons. The summed E-state index contributed by atoms with van der Waals surface area (Å²) in [5, 5.41) is 16.2. The number of alkyl halides is 9. The number of carbonyl (C=O) groups is 1. The molecule has 0 heterocycles. The summed E-state index contributed by atoms with van der Waals surface area (Å²) in [6.45, 7) is 5.94. The monoisotopic (exact) mass is 653 g/mol. The van der Waals surface area contributed by atoms with Gasteiger partial charge in [-0.15, -0.1) is 0 Å². The maximum Gasteiger partial charge on any atom is 0.416 e. The average Bonchev–Trinajstić information content (AvgIpc) is 3.32. The number of anilines is 2. The molecule has 15 heteroatoms. The van der Waals surface area contributed by atoms with Crippen molar-refractivity contribution in [2.45, 2.75) is 58.2 Å². The lowest BCUT2D eigenvalue weighted by atomic mass is 10.1. The van der Waals surface area contributed by atoms with Gasteiger partial charge < -0.3 is 21.1 Å². The topological polar surface area (TPSA) is 73.4 Å². The molecule has 0 fully saturated rings. The first-order valence-corrected chi connectivity index (χ1v) is 13.4. The highest BCUT2D eigenvalue weighted by atomic mass is 32.1. The van der Waals surface area contributed by atoms with E-state index in [1.165, 1.54) is 24.0 Å². The fourth-order valence-corrected chi connectivity index (χ4v) is 4.22. The third kappa shape index (κ3) is 10.3. The molecule has 0 aliphatic heterocycles. The highest BCUT2D eigenvalue weighted by molar-refractivity contribution is 7.80. The second-order valence-corrected chi connectivity index (χ2v) is 9.71. The van der Waals surface area contributed by atoms with Crippen LogP contribution in [0.4, 0.5) is 55.7 Å². The van der Waals surface area contributed by atoms with E-state index in [0.717, 1.165) is 4.99 Å². The number of phenols is 1. The van der Waals surface area contributed by atoms with E-state index in [-0.39, 0.29) is 18.2 Å². The van der Waals surface area contributed by atoms with Gasteiger partial charge in [-0.25, -0.2) is 4.79 Å². The first-order chi connectivity index (χ1) is 20.3. The number of halogens is 9. The fourth-order valence-electron chi connectivity index (χ4n) is 4.08. The van der Waals surface area contributed by atoms with Crippen molar-refractivity contribution < 1.29 is 49.4 Å². The average molecular weight is 654 g/mol. The highest BCUT2D eigenvalue weighted by Crippen LogP contribution is 2.38. The van der Waals surface area contributed by atoms with Crippen LogP contribution in [0.3, 0.4) is 0 Å². The van der Waals surface area contributed by atoms with Gasteiger partial charge in [-0.05, 0) is 67.3 Å². The molecule has 0 unspecified atom stereocenters. The number of aryl methyl sites for hydroxylation is 1. The Morgan fingerprint density at radius 1 is 0.795 bits per heavy atom. The van der Waals surface area contributed by atoms with Gasteiger partial charge in [0.05, 0.1) is 33.4 Å². The van der Waals surface area contributed by atoms with Crippen molar-refractivity contribution >= 4 is 34.6 Å². The van der Waals surface area contributed by atoms with Crippen LogP contribution in [0.2, 0.25) is 0 Å².